The molecule has 1 fully saturated rings. The predicted octanol–water partition coefficient (Wildman–Crippen LogP) is 3.66. The summed E-state index contributed by atoms with van der Waals surface area (Å²) in [6.45, 7) is 0.683. The fourth-order valence-electron chi connectivity index (χ4n) is 2.27. The molecule has 0 atom stereocenters. The van der Waals surface area contributed by atoms with E-state index in [2.05, 4.69) is 4.98 Å². The van der Waals surface area contributed by atoms with Crippen LogP contribution in [-0.2, 0) is 6.18 Å². The molecule has 1 aromatic heterocycles. The SMILES string of the molecule is O=C(c1cccc(Cl)c1)N1CC(Oc2ccc(C(F)(F)F)cn2)C1. The molecule has 3 rings (SSSR count). The summed E-state index contributed by atoms with van der Waals surface area (Å²) in [7, 11) is 0. The van der Waals surface area contributed by atoms with Gasteiger partial charge in [-0.15, -0.1) is 0 Å². The minimum Gasteiger partial charge on any atom is -0.471 e. The van der Waals surface area contributed by atoms with Crippen LogP contribution in [0.15, 0.2) is 42.6 Å². The highest BCUT2D eigenvalue weighted by Crippen LogP contribution is 2.29. The first-order valence-electron chi connectivity index (χ1n) is 7.07. The lowest BCUT2D eigenvalue weighted by Crippen LogP contribution is -2.56. The molecule has 1 aliphatic heterocycles. The van der Waals surface area contributed by atoms with Crippen LogP contribution in [0.4, 0.5) is 13.2 Å². The molecule has 0 bridgehead atoms. The van der Waals surface area contributed by atoms with E-state index in [4.69, 9.17) is 16.3 Å². The molecule has 1 amide bonds. The summed E-state index contributed by atoms with van der Waals surface area (Å²) < 4.78 is 42.8. The number of alkyl halides is 3. The van der Waals surface area contributed by atoms with Crippen LogP contribution in [0.1, 0.15) is 15.9 Å². The fourth-order valence-corrected chi connectivity index (χ4v) is 2.46. The highest BCUT2D eigenvalue weighted by atomic mass is 35.5. The maximum Gasteiger partial charge on any atom is 0.417 e. The number of likely N-dealkylation sites (tertiary alicyclic amines) is 1. The first kappa shape index (κ1) is 16.6. The van der Waals surface area contributed by atoms with E-state index in [0.29, 0.717) is 23.7 Å². The van der Waals surface area contributed by atoms with Gasteiger partial charge in [-0.25, -0.2) is 4.98 Å². The molecular formula is C16H12ClF3N2O2. The van der Waals surface area contributed by atoms with Crippen molar-refractivity contribution in [3.63, 3.8) is 0 Å². The monoisotopic (exact) mass is 356 g/mol. The van der Waals surface area contributed by atoms with Crippen molar-refractivity contribution in [2.45, 2.75) is 12.3 Å². The van der Waals surface area contributed by atoms with Gasteiger partial charge < -0.3 is 9.64 Å². The molecule has 0 spiro atoms. The first-order chi connectivity index (χ1) is 11.3. The van der Waals surface area contributed by atoms with Gasteiger partial charge >= 0.3 is 6.18 Å². The number of rotatable bonds is 3. The first-order valence-corrected chi connectivity index (χ1v) is 7.45. The van der Waals surface area contributed by atoms with Crippen molar-refractivity contribution < 1.29 is 22.7 Å². The smallest absolute Gasteiger partial charge is 0.417 e. The van der Waals surface area contributed by atoms with Crippen LogP contribution in [-0.4, -0.2) is 35.0 Å². The Balaban J connectivity index is 1.54. The van der Waals surface area contributed by atoms with Crippen molar-refractivity contribution in [3.8, 4) is 5.88 Å². The Hall–Kier alpha value is -2.28. The van der Waals surface area contributed by atoms with Crippen LogP contribution < -0.4 is 4.74 Å². The second-order valence-corrected chi connectivity index (χ2v) is 5.78. The molecule has 0 aliphatic carbocycles. The standard InChI is InChI=1S/C16H12ClF3N2O2/c17-12-3-1-2-10(6-12)15(23)22-8-13(9-22)24-14-5-4-11(7-21-14)16(18,19)20/h1-7,13H,8-9H2. The number of benzene rings is 1. The van der Waals surface area contributed by atoms with E-state index < -0.39 is 11.7 Å². The third-order valence-corrected chi connectivity index (χ3v) is 3.79. The van der Waals surface area contributed by atoms with Crippen molar-refractivity contribution in [3.05, 3.63) is 58.7 Å². The van der Waals surface area contributed by atoms with Crippen LogP contribution in [0.5, 0.6) is 5.88 Å². The topological polar surface area (TPSA) is 42.4 Å². The zero-order valence-electron chi connectivity index (χ0n) is 12.3. The van der Waals surface area contributed by atoms with Crippen LogP contribution in [0.2, 0.25) is 5.02 Å². The lowest BCUT2D eigenvalue weighted by molar-refractivity contribution is -0.137. The zero-order chi connectivity index (χ0) is 17.3. The molecule has 0 N–H and O–H groups in total. The number of pyridine rings is 1. The number of aromatic nitrogens is 1. The Bertz CT molecular complexity index is 744. The molecule has 0 saturated carbocycles. The van der Waals surface area contributed by atoms with E-state index >= 15 is 0 Å². The van der Waals surface area contributed by atoms with E-state index in [-0.39, 0.29) is 17.9 Å². The van der Waals surface area contributed by atoms with Gasteiger partial charge in [-0.3, -0.25) is 4.79 Å². The highest BCUT2D eigenvalue weighted by Gasteiger charge is 2.34. The third-order valence-electron chi connectivity index (χ3n) is 3.56. The minimum atomic E-state index is -4.43. The number of halogens is 4. The van der Waals surface area contributed by atoms with Gasteiger partial charge in [0.25, 0.3) is 5.91 Å². The summed E-state index contributed by atoms with van der Waals surface area (Å²) in [5.41, 5.74) is -0.352. The average Bonchev–Trinajstić information content (AvgIpc) is 2.49. The second kappa shape index (κ2) is 6.32. The van der Waals surface area contributed by atoms with Crippen LogP contribution in [0.25, 0.3) is 0 Å². The largest absolute Gasteiger partial charge is 0.471 e. The number of hydrogen-bond acceptors (Lipinski definition) is 3. The summed E-state index contributed by atoms with van der Waals surface area (Å²) in [4.78, 5) is 17.4. The van der Waals surface area contributed by atoms with E-state index in [1.807, 2.05) is 0 Å². The fraction of sp³-hybridized carbons (Fsp3) is 0.250. The number of ether oxygens (including phenoxy) is 1. The number of amides is 1. The van der Waals surface area contributed by atoms with Crippen molar-refractivity contribution in [2.24, 2.45) is 0 Å². The molecule has 1 aliphatic rings. The van der Waals surface area contributed by atoms with Gasteiger partial charge in [0.15, 0.2) is 0 Å². The van der Waals surface area contributed by atoms with Crippen LogP contribution in [0, 0.1) is 0 Å². The molecule has 2 heterocycles. The molecule has 1 saturated heterocycles. The molecule has 126 valence electrons. The predicted molar refractivity (Wildman–Crippen MR) is 81.0 cm³/mol. The highest BCUT2D eigenvalue weighted by molar-refractivity contribution is 6.30. The van der Waals surface area contributed by atoms with Crippen molar-refractivity contribution in [1.82, 2.24) is 9.88 Å². The Labute approximate surface area is 140 Å². The maximum absolute atomic E-state index is 12.5. The van der Waals surface area contributed by atoms with E-state index in [0.717, 1.165) is 12.3 Å². The molecule has 24 heavy (non-hydrogen) atoms. The van der Waals surface area contributed by atoms with Crippen LogP contribution in [0.3, 0.4) is 0 Å². The Morgan fingerprint density at radius 3 is 2.58 bits per heavy atom. The number of nitrogens with zero attached hydrogens (tertiary/aromatic N) is 2. The number of carbonyl (C=O) groups excluding carboxylic acids is 1. The summed E-state index contributed by atoms with van der Waals surface area (Å²) in [5, 5.41) is 0.475. The number of hydrogen-bond donors (Lipinski definition) is 0. The molecule has 8 heteroatoms. The summed E-state index contributed by atoms with van der Waals surface area (Å²) in [5.74, 6) is -0.0689. The minimum absolute atomic E-state index is 0.0999. The Kier molecular flexibility index (Phi) is 4.36. The quantitative estimate of drug-likeness (QED) is 0.843. The van der Waals surface area contributed by atoms with Crippen molar-refractivity contribution >= 4 is 17.5 Å². The third kappa shape index (κ3) is 3.62. The van der Waals surface area contributed by atoms with Gasteiger partial charge in [0.05, 0.1) is 18.7 Å². The molecule has 1 aromatic carbocycles. The second-order valence-electron chi connectivity index (χ2n) is 5.34. The van der Waals surface area contributed by atoms with E-state index in [1.54, 1.807) is 29.2 Å². The van der Waals surface area contributed by atoms with E-state index in [9.17, 15) is 18.0 Å². The lowest BCUT2D eigenvalue weighted by Gasteiger charge is -2.38. The van der Waals surface area contributed by atoms with Gasteiger partial charge in [-0.2, -0.15) is 13.2 Å². The van der Waals surface area contributed by atoms with Gasteiger partial charge in [-0.05, 0) is 24.3 Å². The van der Waals surface area contributed by atoms with Gasteiger partial charge in [0.2, 0.25) is 5.88 Å². The van der Waals surface area contributed by atoms with E-state index in [1.165, 1.54) is 6.07 Å². The molecule has 0 radical (unpaired) electrons. The number of carbonyl (C=O) groups is 1. The summed E-state index contributed by atoms with van der Waals surface area (Å²) in [6.07, 6.45) is -4.00. The molecule has 0 unspecified atom stereocenters. The van der Waals surface area contributed by atoms with Gasteiger partial charge in [-0.1, -0.05) is 17.7 Å². The normalized spacial score (nSPS) is 15.1. The van der Waals surface area contributed by atoms with Crippen LogP contribution >= 0.6 is 11.6 Å². The van der Waals surface area contributed by atoms with Crippen molar-refractivity contribution in [1.29, 1.82) is 0 Å². The average molecular weight is 357 g/mol. The maximum atomic E-state index is 12.5. The Morgan fingerprint density at radius 1 is 1.25 bits per heavy atom. The Morgan fingerprint density at radius 2 is 2.00 bits per heavy atom. The summed E-state index contributed by atoms with van der Waals surface area (Å²) in [6, 6.07) is 8.70. The molecule has 4 nitrogen and oxygen atoms in total. The van der Waals surface area contributed by atoms with Gasteiger partial charge in [0.1, 0.15) is 6.10 Å². The molecular weight excluding hydrogens is 345 g/mol. The summed E-state index contributed by atoms with van der Waals surface area (Å²) >= 11 is 5.85. The van der Waals surface area contributed by atoms with Gasteiger partial charge in [0, 0.05) is 22.8 Å². The molecule has 2 aromatic rings. The zero-order valence-corrected chi connectivity index (χ0v) is 13.0. The van der Waals surface area contributed by atoms with Crippen molar-refractivity contribution in [2.75, 3.05) is 13.1 Å². The lowest BCUT2D eigenvalue weighted by atomic mass is 10.1.